The summed E-state index contributed by atoms with van der Waals surface area (Å²) < 4.78 is 11.0. The molecule has 1 aromatic carbocycles. The van der Waals surface area contributed by atoms with Gasteiger partial charge in [-0.3, -0.25) is 0 Å². The largest absolute Gasteiger partial charge is 0.489 e. The molecule has 0 radical (unpaired) electrons. The third-order valence-corrected chi connectivity index (χ3v) is 3.57. The fraction of sp³-hybridized carbons (Fsp3) is 0.562. The number of nitrogens with one attached hydrogen (secondary N) is 1. The summed E-state index contributed by atoms with van der Waals surface area (Å²) in [6.45, 7) is 3.48. The second-order valence-corrected chi connectivity index (χ2v) is 5.38. The van der Waals surface area contributed by atoms with E-state index in [1.54, 1.807) is 18.2 Å². The van der Waals surface area contributed by atoms with Crippen molar-refractivity contribution in [2.75, 3.05) is 19.8 Å². The number of para-hydroxylation sites is 1. The first-order valence-electron chi connectivity index (χ1n) is 7.34. The van der Waals surface area contributed by atoms with Gasteiger partial charge in [0.2, 0.25) is 0 Å². The Morgan fingerprint density at radius 1 is 1.52 bits per heavy atom. The van der Waals surface area contributed by atoms with Crippen molar-refractivity contribution in [3.8, 4) is 11.8 Å². The summed E-state index contributed by atoms with van der Waals surface area (Å²) >= 11 is 0. The maximum absolute atomic E-state index is 9.97. The highest BCUT2D eigenvalue weighted by Gasteiger charge is 2.19. The number of nitrogens with zero attached hydrogens (tertiary/aromatic N) is 1. The summed E-state index contributed by atoms with van der Waals surface area (Å²) in [5, 5.41) is 22.3. The number of hydrogen-bond donors (Lipinski definition) is 2. The second kappa shape index (κ2) is 7.99. The monoisotopic (exact) mass is 290 g/mol. The van der Waals surface area contributed by atoms with E-state index in [2.05, 4.69) is 18.3 Å². The van der Waals surface area contributed by atoms with E-state index in [4.69, 9.17) is 14.7 Å². The minimum absolute atomic E-state index is 0.171. The van der Waals surface area contributed by atoms with Gasteiger partial charge in [-0.1, -0.05) is 12.1 Å². The van der Waals surface area contributed by atoms with Gasteiger partial charge < -0.3 is 19.9 Å². The molecule has 0 amide bonds. The lowest BCUT2D eigenvalue weighted by Crippen LogP contribution is -2.42. The molecule has 1 aliphatic rings. The van der Waals surface area contributed by atoms with Crippen LogP contribution in [-0.4, -0.2) is 43.1 Å². The normalized spacial score (nSPS) is 23.3. The zero-order valence-corrected chi connectivity index (χ0v) is 12.3. The Hall–Kier alpha value is -1.61. The van der Waals surface area contributed by atoms with Gasteiger partial charge in [0.15, 0.2) is 0 Å². The van der Waals surface area contributed by atoms with Gasteiger partial charge in [0, 0.05) is 19.2 Å². The minimum atomic E-state index is -0.602. The maximum Gasteiger partial charge on any atom is 0.137 e. The number of nitriles is 1. The molecule has 1 heterocycles. The molecule has 3 unspecified atom stereocenters. The highest BCUT2D eigenvalue weighted by atomic mass is 16.5. The fourth-order valence-electron chi connectivity index (χ4n) is 2.42. The van der Waals surface area contributed by atoms with Crippen LogP contribution in [0.5, 0.6) is 5.75 Å². The number of rotatable bonds is 6. The number of aliphatic hydroxyl groups is 1. The Balaban J connectivity index is 1.72. The van der Waals surface area contributed by atoms with E-state index in [9.17, 15) is 5.11 Å². The molecule has 1 aliphatic heterocycles. The van der Waals surface area contributed by atoms with Crippen molar-refractivity contribution >= 4 is 0 Å². The Labute approximate surface area is 125 Å². The Morgan fingerprint density at radius 3 is 3.10 bits per heavy atom. The maximum atomic E-state index is 9.97. The van der Waals surface area contributed by atoms with Gasteiger partial charge in [-0.25, -0.2) is 0 Å². The van der Waals surface area contributed by atoms with Crippen LogP contribution in [0.2, 0.25) is 0 Å². The lowest BCUT2D eigenvalue weighted by molar-refractivity contribution is 0.00966. The molecule has 0 saturated carbocycles. The summed E-state index contributed by atoms with van der Waals surface area (Å²) in [4.78, 5) is 0. The van der Waals surface area contributed by atoms with Crippen LogP contribution in [0.1, 0.15) is 25.3 Å². The van der Waals surface area contributed by atoms with Crippen molar-refractivity contribution in [1.82, 2.24) is 5.32 Å². The Morgan fingerprint density at radius 2 is 2.33 bits per heavy atom. The van der Waals surface area contributed by atoms with E-state index in [-0.39, 0.29) is 12.7 Å². The molecule has 3 atom stereocenters. The van der Waals surface area contributed by atoms with Crippen LogP contribution < -0.4 is 10.1 Å². The zero-order valence-electron chi connectivity index (χ0n) is 12.3. The van der Waals surface area contributed by atoms with Crippen LogP contribution in [0.25, 0.3) is 0 Å². The van der Waals surface area contributed by atoms with Gasteiger partial charge in [-0.05, 0) is 31.9 Å². The summed E-state index contributed by atoms with van der Waals surface area (Å²) in [5.74, 6) is 0.513. The van der Waals surface area contributed by atoms with E-state index in [0.717, 1.165) is 19.4 Å². The first-order chi connectivity index (χ1) is 10.2. The van der Waals surface area contributed by atoms with E-state index < -0.39 is 6.10 Å². The van der Waals surface area contributed by atoms with Gasteiger partial charge in [-0.2, -0.15) is 5.26 Å². The second-order valence-electron chi connectivity index (χ2n) is 5.38. The topological polar surface area (TPSA) is 74.5 Å². The number of hydrogen-bond acceptors (Lipinski definition) is 5. The summed E-state index contributed by atoms with van der Waals surface area (Å²) in [6.07, 6.45) is 1.60. The lowest BCUT2D eigenvalue weighted by atomic mass is 10.0. The molecule has 21 heavy (non-hydrogen) atoms. The van der Waals surface area contributed by atoms with Crippen LogP contribution in [0.4, 0.5) is 0 Å². The van der Waals surface area contributed by atoms with E-state index in [0.29, 0.717) is 23.9 Å². The quantitative estimate of drug-likeness (QED) is 0.829. The average Bonchev–Trinajstić information content (AvgIpc) is 2.51. The highest BCUT2D eigenvalue weighted by Crippen LogP contribution is 2.17. The van der Waals surface area contributed by atoms with Crippen molar-refractivity contribution in [2.24, 2.45) is 0 Å². The number of aliphatic hydroxyl groups excluding tert-OH is 1. The molecule has 1 aromatic rings. The standard InChI is InChI=1S/C16H22N2O3/c1-12-8-14(6-7-20-12)18-10-15(19)11-21-16-5-3-2-4-13(16)9-17/h2-5,12,14-15,18-19H,6-8,10-11H2,1H3. The van der Waals surface area contributed by atoms with Crippen LogP contribution >= 0.6 is 0 Å². The third-order valence-electron chi connectivity index (χ3n) is 3.57. The Bertz CT molecular complexity index is 487. The molecule has 1 fully saturated rings. The van der Waals surface area contributed by atoms with E-state index in [1.165, 1.54) is 0 Å². The van der Waals surface area contributed by atoms with Crippen molar-refractivity contribution in [1.29, 1.82) is 5.26 Å². The summed E-state index contributed by atoms with van der Waals surface area (Å²) in [6, 6.07) is 9.49. The molecule has 1 saturated heterocycles. The first kappa shape index (κ1) is 15.8. The number of benzene rings is 1. The van der Waals surface area contributed by atoms with Gasteiger partial charge >= 0.3 is 0 Å². The van der Waals surface area contributed by atoms with Crippen LogP contribution in [0.3, 0.4) is 0 Å². The fourth-order valence-corrected chi connectivity index (χ4v) is 2.42. The predicted octanol–water partition coefficient (Wildman–Crippen LogP) is 1.46. The molecule has 0 bridgehead atoms. The molecular formula is C16H22N2O3. The molecule has 5 heteroatoms. The third kappa shape index (κ3) is 5.01. The van der Waals surface area contributed by atoms with Crippen LogP contribution in [-0.2, 0) is 4.74 Å². The van der Waals surface area contributed by atoms with E-state index in [1.807, 2.05) is 6.07 Å². The first-order valence-corrected chi connectivity index (χ1v) is 7.34. The smallest absolute Gasteiger partial charge is 0.137 e. The average molecular weight is 290 g/mol. The van der Waals surface area contributed by atoms with Crippen LogP contribution in [0, 0.1) is 11.3 Å². The summed E-state index contributed by atoms with van der Waals surface area (Å²) in [7, 11) is 0. The molecule has 0 spiro atoms. The van der Waals surface area contributed by atoms with Gasteiger partial charge in [0.25, 0.3) is 0 Å². The van der Waals surface area contributed by atoms with Crippen LogP contribution in [0.15, 0.2) is 24.3 Å². The van der Waals surface area contributed by atoms with Crippen molar-refractivity contribution in [3.63, 3.8) is 0 Å². The van der Waals surface area contributed by atoms with Crippen molar-refractivity contribution in [3.05, 3.63) is 29.8 Å². The molecule has 0 aliphatic carbocycles. The van der Waals surface area contributed by atoms with Gasteiger partial charge in [0.1, 0.15) is 24.5 Å². The molecule has 2 rings (SSSR count). The van der Waals surface area contributed by atoms with Gasteiger partial charge in [-0.15, -0.1) is 0 Å². The molecule has 2 N–H and O–H groups in total. The van der Waals surface area contributed by atoms with Crippen molar-refractivity contribution < 1.29 is 14.6 Å². The summed E-state index contributed by atoms with van der Waals surface area (Å²) in [5.41, 5.74) is 0.482. The zero-order chi connectivity index (χ0) is 15.1. The van der Waals surface area contributed by atoms with Crippen molar-refractivity contribution in [2.45, 2.75) is 38.0 Å². The lowest BCUT2D eigenvalue weighted by Gasteiger charge is -2.28. The highest BCUT2D eigenvalue weighted by molar-refractivity contribution is 5.42. The molecule has 0 aromatic heterocycles. The Kier molecular flexibility index (Phi) is 6.00. The molecule has 5 nitrogen and oxygen atoms in total. The van der Waals surface area contributed by atoms with Gasteiger partial charge in [0.05, 0.1) is 11.7 Å². The minimum Gasteiger partial charge on any atom is -0.489 e. The number of ether oxygens (including phenoxy) is 2. The predicted molar refractivity (Wildman–Crippen MR) is 79.1 cm³/mol. The molecular weight excluding hydrogens is 268 g/mol. The SMILES string of the molecule is CC1CC(NCC(O)COc2ccccc2C#N)CCO1. The van der Waals surface area contributed by atoms with E-state index >= 15 is 0 Å². The molecule has 114 valence electrons.